The summed E-state index contributed by atoms with van der Waals surface area (Å²) >= 11 is 0. The molecule has 0 N–H and O–H groups in total. The molecule has 0 bridgehead atoms. The topological polar surface area (TPSA) is 127 Å². The molecule has 0 aromatic carbocycles. The maximum absolute atomic E-state index is 12.7. The Kier molecular flexibility index (Phi) is 4.05. The number of nitrogens with zero attached hydrogens (tertiary/aromatic N) is 9. The molecule has 0 unspecified atom stereocenters. The summed E-state index contributed by atoms with van der Waals surface area (Å²) in [5.41, 5.74) is 0.00933. The third-order valence-corrected chi connectivity index (χ3v) is 5.14. The highest BCUT2D eigenvalue weighted by Crippen LogP contribution is 2.25. The smallest absolute Gasteiger partial charge is 0.353 e. The van der Waals surface area contributed by atoms with Crippen LogP contribution < -0.4 is 15.4 Å². The molecule has 0 saturated carbocycles. The average Bonchev–Trinajstić information content (AvgIpc) is 3.21. The van der Waals surface area contributed by atoms with Crippen molar-refractivity contribution in [3.8, 4) is 0 Å². The lowest BCUT2D eigenvalue weighted by molar-refractivity contribution is -0.385. The molecule has 1 saturated heterocycles. The van der Waals surface area contributed by atoms with Crippen molar-refractivity contribution in [1.29, 1.82) is 0 Å². The Balaban J connectivity index is 1.49. The monoisotopic (exact) mass is 407 g/mol. The van der Waals surface area contributed by atoms with E-state index in [1.165, 1.54) is 16.9 Å². The zero-order valence-electron chi connectivity index (χ0n) is 16.0. The number of piperazine rings is 1. The van der Waals surface area contributed by atoms with Crippen LogP contribution in [0.15, 0.2) is 41.6 Å². The highest BCUT2D eigenvalue weighted by Gasteiger charge is 2.30. The Labute approximate surface area is 169 Å². The summed E-state index contributed by atoms with van der Waals surface area (Å²) in [5, 5.41) is 15.9. The van der Waals surface area contributed by atoms with Gasteiger partial charge in [0.2, 0.25) is 5.82 Å². The number of anilines is 2. The molecule has 4 aromatic rings. The molecule has 4 aromatic heterocycles. The molecule has 5 rings (SSSR count). The molecule has 0 aliphatic carbocycles. The Morgan fingerprint density at radius 1 is 1.10 bits per heavy atom. The molecule has 12 heteroatoms. The van der Waals surface area contributed by atoms with Crippen LogP contribution in [0.5, 0.6) is 0 Å². The number of hydrogen-bond donors (Lipinski definition) is 0. The fourth-order valence-corrected chi connectivity index (χ4v) is 3.73. The van der Waals surface area contributed by atoms with Gasteiger partial charge in [-0.2, -0.15) is 14.6 Å². The molecule has 1 aliphatic rings. The van der Waals surface area contributed by atoms with Crippen molar-refractivity contribution in [3.63, 3.8) is 0 Å². The van der Waals surface area contributed by atoms with Crippen LogP contribution in [-0.4, -0.2) is 60.1 Å². The summed E-state index contributed by atoms with van der Waals surface area (Å²) < 4.78 is 2.87. The van der Waals surface area contributed by atoms with Crippen molar-refractivity contribution in [2.45, 2.75) is 6.92 Å². The summed E-state index contributed by atoms with van der Waals surface area (Å²) in [6.07, 6.45) is 2.94. The number of aromatic nitrogens is 6. The summed E-state index contributed by atoms with van der Waals surface area (Å²) in [7, 11) is 0. The van der Waals surface area contributed by atoms with Gasteiger partial charge in [0.15, 0.2) is 0 Å². The van der Waals surface area contributed by atoms with E-state index in [1.807, 2.05) is 13.0 Å². The summed E-state index contributed by atoms with van der Waals surface area (Å²) in [6.45, 7) is 3.97. The molecule has 30 heavy (non-hydrogen) atoms. The molecule has 0 atom stereocenters. The molecular formula is C18H17N9O3. The number of nitro groups is 1. The number of hydrogen-bond acceptors (Lipinski definition) is 9. The Bertz CT molecular complexity index is 1340. The lowest BCUT2D eigenvalue weighted by atomic mass is 10.2. The van der Waals surface area contributed by atoms with Crippen molar-refractivity contribution in [2.75, 3.05) is 36.0 Å². The Morgan fingerprint density at radius 3 is 2.63 bits per heavy atom. The molecule has 5 heterocycles. The quantitative estimate of drug-likeness (QED) is 0.356. The van der Waals surface area contributed by atoms with Gasteiger partial charge in [-0.05, 0) is 19.1 Å². The third-order valence-electron chi connectivity index (χ3n) is 5.14. The SMILES string of the molecule is Cc1cc(N2CCN(c3nc4ccccn4c(=O)c3[N+](=O)[O-])CC2)n2ncnc2n1. The number of fused-ring (bicyclic) bond motifs is 2. The predicted molar refractivity (Wildman–Crippen MR) is 108 cm³/mol. The van der Waals surface area contributed by atoms with E-state index in [9.17, 15) is 14.9 Å². The largest absolute Gasteiger partial charge is 0.376 e. The van der Waals surface area contributed by atoms with Gasteiger partial charge < -0.3 is 9.80 Å². The fourth-order valence-electron chi connectivity index (χ4n) is 3.73. The normalized spacial score (nSPS) is 14.6. The van der Waals surface area contributed by atoms with E-state index in [-0.39, 0.29) is 5.82 Å². The lowest BCUT2D eigenvalue weighted by Crippen LogP contribution is -2.48. The summed E-state index contributed by atoms with van der Waals surface area (Å²) in [6, 6.07) is 6.97. The van der Waals surface area contributed by atoms with Gasteiger partial charge >= 0.3 is 11.2 Å². The van der Waals surface area contributed by atoms with Crippen LogP contribution in [-0.2, 0) is 0 Å². The van der Waals surface area contributed by atoms with Crippen LogP contribution in [0.25, 0.3) is 11.4 Å². The molecule has 1 fully saturated rings. The minimum absolute atomic E-state index is 0.104. The second kappa shape index (κ2) is 6.76. The van der Waals surface area contributed by atoms with Gasteiger partial charge in [0.25, 0.3) is 5.78 Å². The summed E-state index contributed by atoms with van der Waals surface area (Å²) in [4.78, 5) is 40.5. The Hall–Kier alpha value is -4.09. The minimum Gasteiger partial charge on any atom is -0.353 e. The molecule has 0 amide bonds. The zero-order chi connectivity index (χ0) is 20.8. The molecule has 0 radical (unpaired) electrons. The average molecular weight is 407 g/mol. The number of aryl methyl sites for hydroxylation is 1. The van der Waals surface area contributed by atoms with E-state index in [2.05, 4.69) is 25.0 Å². The number of pyridine rings is 1. The number of rotatable bonds is 3. The van der Waals surface area contributed by atoms with Gasteiger partial charge in [-0.25, -0.2) is 9.97 Å². The Morgan fingerprint density at radius 2 is 1.87 bits per heavy atom. The first kappa shape index (κ1) is 18.0. The lowest BCUT2D eigenvalue weighted by Gasteiger charge is -2.36. The van der Waals surface area contributed by atoms with Gasteiger partial charge in [0.05, 0.1) is 4.92 Å². The van der Waals surface area contributed by atoms with E-state index >= 15 is 0 Å². The molecular weight excluding hydrogens is 390 g/mol. The van der Waals surface area contributed by atoms with Crippen molar-refractivity contribution in [2.24, 2.45) is 0 Å². The van der Waals surface area contributed by atoms with Gasteiger partial charge in [-0.1, -0.05) is 6.07 Å². The van der Waals surface area contributed by atoms with Crippen LogP contribution in [0.4, 0.5) is 17.3 Å². The predicted octanol–water partition coefficient (Wildman–Crippen LogP) is 0.675. The van der Waals surface area contributed by atoms with Crippen molar-refractivity contribution in [3.05, 3.63) is 63.0 Å². The van der Waals surface area contributed by atoms with E-state index in [0.29, 0.717) is 37.6 Å². The second-order valence-electron chi connectivity index (χ2n) is 6.98. The van der Waals surface area contributed by atoms with Crippen molar-refractivity contribution < 1.29 is 4.92 Å². The van der Waals surface area contributed by atoms with Crippen molar-refractivity contribution >= 4 is 28.7 Å². The molecule has 152 valence electrons. The highest BCUT2D eigenvalue weighted by atomic mass is 16.6. The second-order valence-corrected chi connectivity index (χ2v) is 6.98. The zero-order valence-corrected chi connectivity index (χ0v) is 16.0. The maximum Gasteiger partial charge on any atom is 0.376 e. The van der Waals surface area contributed by atoms with E-state index in [1.54, 1.807) is 27.6 Å². The van der Waals surface area contributed by atoms with Crippen molar-refractivity contribution in [1.82, 2.24) is 29.0 Å². The van der Waals surface area contributed by atoms with E-state index in [0.717, 1.165) is 11.5 Å². The fraction of sp³-hybridized carbons (Fsp3) is 0.278. The molecule has 0 spiro atoms. The third kappa shape index (κ3) is 2.80. The maximum atomic E-state index is 12.7. The first-order valence-corrected chi connectivity index (χ1v) is 9.36. The van der Waals surface area contributed by atoms with Gasteiger partial charge in [0.1, 0.15) is 17.8 Å². The van der Waals surface area contributed by atoms with Crippen LogP contribution in [0.1, 0.15) is 5.69 Å². The van der Waals surface area contributed by atoms with E-state index in [4.69, 9.17) is 0 Å². The van der Waals surface area contributed by atoms with Gasteiger partial charge in [-0.3, -0.25) is 19.3 Å². The summed E-state index contributed by atoms with van der Waals surface area (Å²) in [5.74, 6) is 1.48. The first-order chi connectivity index (χ1) is 14.5. The van der Waals surface area contributed by atoms with Gasteiger partial charge in [-0.15, -0.1) is 0 Å². The van der Waals surface area contributed by atoms with Crippen LogP contribution in [0.2, 0.25) is 0 Å². The minimum atomic E-state index is -0.683. The molecule has 12 nitrogen and oxygen atoms in total. The molecule has 1 aliphatic heterocycles. The van der Waals surface area contributed by atoms with Crippen LogP contribution >= 0.6 is 0 Å². The first-order valence-electron chi connectivity index (χ1n) is 9.36. The van der Waals surface area contributed by atoms with Crippen LogP contribution in [0, 0.1) is 17.0 Å². The van der Waals surface area contributed by atoms with Crippen LogP contribution in [0.3, 0.4) is 0 Å². The van der Waals surface area contributed by atoms with Gasteiger partial charge in [0, 0.05) is 44.1 Å². The highest BCUT2D eigenvalue weighted by molar-refractivity contribution is 5.62. The van der Waals surface area contributed by atoms with E-state index < -0.39 is 16.2 Å². The standard InChI is InChI=1S/C18H17N9O3/c1-12-10-14(26-18(21-12)19-11-20-26)23-6-8-24(9-7-23)16-15(27(29)30)17(28)25-5-3-2-4-13(25)22-16/h2-5,10-11H,6-9H2,1H3.